The SMILES string of the molecule is FC(F)(F)c1ccc(-n2c3ccccc3c3c4oc5ccccc5c4ccc32)cc1-c1cnccc1-n1c2ccccc2c2c3oc4ccccc4c3ccc21. The van der Waals surface area contributed by atoms with Crippen molar-refractivity contribution in [2.24, 2.45) is 0 Å². The first kappa shape index (κ1) is 31.1. The molecule has 266 valence electrons. The average molecular weight is 734 g/mol. The van der Waals surface area contributed by atoms with Gasteiger partial charge in [0.2, 0.25) is 0 Å². The monoisotopic (exact) mass is 733 g/mol. The van der Waals surface area contributed by atoms with E-state index in [9.17, 15) is 0 Å². The van der Waals surface area contributed by atoms with Gasteiger partial charge in [-0.05, 0) is 78.4 Å². The number of furan rings is 2. The molecule has 0 unspecified atom stereocenters. The molecule has 0 atom stereocenters. The molecule has 0 N–H and O–H groups in total. The van der Waals surface area contributed by atoms with Crippen molar-refractivity contribution in [2.75, 3.05) is 0 Å². The molecule has 8 heteroatoms. The second kappa shape index (κ2) is 11.1. The maximum atomic E-state index is 15.2. The summed E-state index contributed by atoms with van der Waals surface area (Å²) in [6.45, 7) is 0. The molecule has 12 rings (SSSR count). The van der Waals surface area contributed by atoms with Gasteiger partial charge in [0.05, 0.1) is 44.1 Å². The fourth-order valence-corrected chi connectivity index (χ4v) is 8.94. The third-order valence-electron chi connectivity index (χ3n) is 11.3. The highest BCUT2D eigenvalue weighted by Gasteiger charge is 2.35. The van der Waals surface area contributed by atoms with E-state index in [1.807, 2.05) is 130 Å². The number of benzene rings is 7. The van der Waals surface area contributed by atoms with Crippen molar-refractivity contribution in [3.05, 3.63) is 164 Å². The highest BCUT2D eigenvalue weighted by Crippen LogP contribution is 2.46. The van der Waals surface area contributed by atoms with E-state index < -0.39 is 11.7 Å². The third kappa shape index (κ3) is 4.18. The number of hydrogen-bond acceptors (Lipinski definition) is 3. The Morgan fingerprint density at radius 2 is 1.00 bits per heavy atom. The molecule has 12 aromatic rings. The van der Waals surface area contributed by atoms with Crippen molar-refractivity contribution in [3.63, 3.8) is 0 Å². The van der Waals surface area contributed by atoms with Gasteiger partial charge in [0.25, 0.3) is 0 Å². The molecule has 0 aliphatic carbocycles. The minimum Gasteiger partial charge on any atom is -0.455 e. The standard InChI is InChI=1S/C48H26F3N3O2/c49-48(50,51)36-20-17-27(53-37-13-5-1-11-32(37)44-40(53)21-18-30-28-9-3-7-15-42(28)55-46(30)44)25-34(36)35-26-52-24-23-39(35)54-38-14-6-2-12-33(38)45-41(54)22-19-31-29-10-4-8-16-43(29)56-47(31)45/h1-26H. The first-order chi connectivity index (χ1) is 27.4. The quantitative estimate of drug-likeness (QED) is 0.182. The molecule has 0 saturated heterocycles. The van der Waals surface area contributed by atoms with Gasteiger partial charge in [-0.15, -0.1) is 0 Å². The van der Waals surface area contributed by atoms with E-state index in [1.54, 1.807) is 24.4 Å². The van der Waals surface area contributed by atoms with Crippen LogP contribution in [0, 0.1) is 0 Å². The van der Waals surface area contributed by atoms with E-state index >= 15 is 13.2 Å². The van der Waals surface area contributed by atoms with Gasteiger partial charge in [-0.3, -0.25) is 4.98 Å². The molecule has 0 spiro atoms. The minimum absolute atomic E-state index is 0.0181. The van der Waals surface area contributed by atoms with Crippen molar-refractivity contribution in [1.29, 1.82) is 0 Å². The van der Waals surface area contributed by atoms with Crippen molar-refractivity contribution in [2.45, 2.75) is 6.18 Å². The lowest BCUT2D eigenvalue weighted by Crippen LogP contribution is -2.09. The van der Waals surface area contributed by atoms with Gasteiger partial charge in [-0.1, -0.05) is 72.8 Å². The molecule has 0 aliphatic rings. The Balaban J connectivity index is 1.15. The highest BCUT2D eigenvalue weighted by molar-refractivity contribution is 6.25. The van der Waals surface area contributed by atoms with Crippen LogP contribution in [0.4, 0.5) is 13.2 Å². The number of rotatable bonds is 3. The molecule has 0 aliphatic heterocycles. The van der Waals surface area contributed by atoms with Crippen molar-refractivity contribution >= 4 is 87.5 Å². The smallest absolute Gasteiger partial charge is 0.417 e. The van der Waals surface area contributed by atoms with E-state index in [4.69, 9.17) is 8.83 Å². The number of fused-ring (bicyclic) bond motifs is 14. The summed E-state index contributed by atoms with van der Waals surface area (Å²) in [5, 5.41) is 7.64. The molecule has 0 bridgehead atoms. The van der Waals surface area contributed by atoms with Gasteiger partial charge >= 0.3 is 6.18 Å². The molecule has 7 aromatic carbocycles. The predicted octanol–water partition coefficient (Wildman–Crippen LogP) is 13.8. The Kier molecular flexibility index (Phi) is 6.17. The number of nitrogens with zero attached hydrogens (tertiary/aromatic N) is 3. The lowest BCUT2D eigenvalue weighted by atomic mass is 9.98. The predicted molar refractivity (Wildman–Crippen MR) is 218 cm³/mol. The lowest BCUT2D eigenvalue weighted by Gasteiger charge is -2.19. The van der Waals surface area contributed by atoms with Crippen LogP contribution in [0.3, 0.4) is 0 Å². The second-order valence-corrected chi connectivity index (χ2v) is 14.2. The van der Waals surface area contributed by atoms with Crippen LogP contribution >= 0.6 is 0 Å². The normalized spacial score (nSPS) is 12.6. The van der Waals surface area contributed by atoms with Crippen LogP contribution in [0.2, 0.25) is 0 Å². The topological polar surface area (TPSA) is 49.0 Å². The molecule has 5 nitrogen and oxygen atoms in total. The fraction of sp³-hybridized carbons (Fsp3) is 0.0208. The Morgan fingerprint density at radius 3 is 1.61 bits per heavy atom. The summed E-state index contributed by atoms with van der Waals surface area (Å²) < 4.78 is 62.6. The van der Waals surface area contributed by atoms with Gasteiger partial charge in [0.1, 0.15) is 22.3 Å². The van der Waals surface area contributed by atoms with Crippen LogP contribution in [0.15, 0.2) is 167 Å². The van der Waals surface area contributed by atoms with Gasteiger partial charge in [0, 0.05) is 56.0 Å². The van der Waals surface area contributed by atoms with Crippen LogP contribution in [0.1, 0.15) is 5.56 Å². The number of aromatic nitrogens is 3. The van der Waals surface area contributed by atoms with Crippen molar-refractivity contribution < 1.29 is 22.0 Å². The number of para-hydroxylation sites is 4. The highest BCUT2D eigenvalue weighted by atomic mass is 19.4. The van der Waals surface area contributed by atoms with E-state index in [0.29, 0.717) is 16.9 Å². The average Bonchev–Trinajstić information content (AvgIpc) is 3.97. The van der Waals surface area contributed by atoms with Crippen molar-refractivity contribution in [1.82, 2.24) is 14.1 Å². The summed E-state index contributed by atoms with van der Waals surface area (Å²) in [7, 11) is 0. The lowest BCUT2D eigenvalue weighted by molar-refractivity contribution is -0.137. The molecule has 0 radical (unpaired) electrons. The summed E-state index contributed by atoms with van der Waals surface area (Å²) in [6, 6.07) is 46.0. The molecule has 56 heavy (non-hydrogen) atoms. The maximum absolute atomic E-state index is 15.2. The van der Waals surface area contributed by atoms with Crippen LogP contribution in [0.25, 0.3) is 110 Å². The van der Waals surface area contributed by atoms with Gasteiger partial charge in [-0.2, -0.15) is 13.2 Å². The second-order valence-electron chi connectivity index (χ2n) is 14.2. The summed E-state index contributed by atoms with van der Waals surface area (Å²) in [5.74, 6) is 0. The Morgan fingerprint density at radius 1 is 0.464 bits per heavy atom. The molecule has 0 saturated carbocycles. The molecule has 0 amide bonds. The largest absolute Gasteiger partial charge is 0.455 e. The zero-order chi connectivity index (χ0) is 37.3. The molecular formula is C48H26F3N3O2. The summed E-state index contributed by atoms with van der Waals surface area (Å²) in [5.41, 5.74) is 7.10. The van der Waals surface area contributed by atoms with Crippen LogP contribution in [-0.4, -0.2) is 14.1 Å². The number of pyridine rings is 1. The van der Waals surface area contributed by atoms with E-state index in [-0.39, 0.29) is 5.56 Å². The molecule has 5 heterocycles. The van der Waals surface area contributed by atoms with Crippen LogP contribution in [-0.2, 0) is 6.18 Å². The number of hydrogen-bond donors (Lipinski definition) is 0. The fourth-order valence-electron chi connectivity index (χ4n) is 8.94. The molecule has 5 aromatic heterocycles. The zero-order valence-corrected chi connectivity index (χ0v) is 29.3. The number of alkyl halides is 3. The first-order valence-electron chi connectivity index (χ1n) is 18.3. The van der Waals surface area contributed by atoms with E-state index in [0.717, 1.165) is 87.5 Å². The van der Waals surface area contributed by atoms with Gasteiger partial charge in [-0.25, -0.2) is 0 Å². The van der Waals surface area contributed by atoms with E-state index in [2.05, 4.69) is 4.98 Å². The Bertz CT molecular complexity index is 3600. The summed E-state index contributed by atoms with van der Waals surface area (Å²) in [6.07, 6.45) is -1.49. The molecule has 0 fully saturated rings. The van der Waals surface area contributed by atoms with Crippen LogP contribution < -0.4 is 0 Å². The maximum Gasteiger partial charge on any atom is 0.417 e. The summed E-state index contributed by atoms with van der Waals surface area (Å²) >= 11 is 0. The third-order valence-corrected chi connectivity index (χ3v) is 11.3. The Labute approximate surface area is 315 Å². The number of halogens is 3. The Hall–Kier alpha value is -7.32. The van der Waals surface area contributed by atoms with Gasteiger partial charge in [0.15, 0.2) is 0 Å². The first-order valence-corrected chi connectivity index (χ1v) is 18.3. The van der Waals surface area contributed by atoms with Crippen molar-refractivity contribution in [3.8, 4) is 22.5 Å². The summed E-state index contributed by atoms with van der Waals surface area (Å²) in [4.78, 5) is 4.42. The van der Waals surface area contributed by atoms with Gasteiger partial charge < -0.3 is 18.0 Å². The van der Waals surface area contributed by atoms with E-state index in [1.165, 1.54) is 12.3 Å². The molecular weight excluding hydrogens is 708 g/mol. The van der Waals surface area contributed by atoms with Crippen LogP contribution in [0.5, 0.6) is 0 Å². The minimum atomic E-state index is -4.65. The zero-order valence-electron chi connectivity index (χ0n) is 29.3.